The molecule has 0 atom stereocenters. The molecule has 0 amide bonds. The zero-order valence-corrected chi connectivity index (χ0v) is 15.5. The normalized spacial score (nSPS) is 11.1. The van der Waals surface area contributed by atoms with Gasteiger partial charge in [0, 0.05) is 5.02 Å². The average molecular weight is 390 g/mol. The molecule has 130 valence electrons. The predicted octanol–water partition coefficient (Wildman–Crippen LogP) is 3.17. The zero-order chi connectivity index (χ0) is 17.7. The molecule has 6 nitrogen and oxygen atoms in total. The molecule has 2 rings (SSSR count). The molecule has 2 aromatic rings. The fourth-order valence-corrected chi connectivity index (χ4v) is 4.68. The van der Waals surface area contributed by atoms with Crippen molar-refractivity contribution in [3.8, 4) is 5.75 Å². The van der Waals surface area contributed by atoms with E-state index in [0.717, 1.165) is 15.6 Å². The smallest absolute Gasteiger partial charge is 0.326 e. The van der Waals surface area contributed by atoms with Gasteiger partial charge in [0.05, 0.1) is 19.4 Å². The average Bonchev–Trinajstić information content (AvgIpc) is 3.08. The SMILES string of the molecule is CCOC(=O)CN(c1cc(Cl)ccc1OC)S(=O)(=O)c1cccs1. The molecule has 0 aliphatic carbocycles. The van der Waals surface area contributed by atoms with Crippen LogP contribution in [0.4, 0.5) is 5.69 Å². The molecule has 1 aromatic carbocycles. The predicted molar refractivity (Wildman–Crippen MR) is 93.5 cm³/mol. The van der Waals surface area contributed by atoms with Crippen LogP contribution in [0.2, 0.25) is 5.02 Å². The first kappa shape index (κ1) is 18.6. The Kier molecular flexibility index (Phi) is 6.09. The topological polar surface area (TPSA) is 72.9 Å². The zero-order valence-electron chi connectivity index (χ0n) is 13.1. The van der Waals surface area contributed by atoms with Gasteiger partial charge in [-0.1, -0.05) is 17.7 Å². The lowest BCUT2D eigenvalue weighted by Gasteiger charge is -2.24. The number of carbonyl (C=O) groups excluding carboxylic acids is 1. The van der Waals surface area contributed by atoms with Crippen molar-refractivity contribution in [1.29, 1.82) is 0 Å². The highest BCUT2D eigenvalue weighted by Gasteiger charge is 2.30. The maximum atomic E-state index is 12.9. The Balaban J connectivity index is 2.56. The van der Waals surface area contributed by atoms with Gasteiger partial charge in [0.1, 0.15) is 16.5 Å². The summed E-state index contributed by atoms with van der Waals surface area (Å²) in [6.45, 7) is 1.32. The van der Waals surface area contributed by atoms with E-state index in [-0.39, 0.29) is 22.3 Å². The number of methoxy groups -OCH3 is 1. The third kappa shape index (κ3) is 4.00. The first-order valence-corrected chi connectivity index (χ1v) is 9.65. The largest absolute Gasteiger partial charge is 0.495 e. The molecule has 24 heavy (non-hydrogen) atoms. The lowest BCUT2D eigenvalue weighted by molar-refractivity contribution is -0.141. The number of sulfonamides is 1. The van der Waals surface area contributed by atoms with Crippen LogP contribution in [0.5, 0.6) is 5.75 Å². The lowest BCUT2D eigenvalue weighted by Crippen LogP contribution is -2.36. The van der Waals surface area contributed by atoms with Gasteiger partial charge in [0.15, 0.2) is 0 Å². The number of rotatable bonds is 7. The van der Waals surface area contributed by atoms with Crippen molar-refractivity contribution in [2.75, 3.05) is 24.6 Å². The Labute approximate surface area is 149 Å². The number of anilines is 1. The van der Waals surface area contributed by atoms with Gasteiger partial charge in [-0.25, -0.2) is 8.42 Å². The van der Waals surface area contributed by atoms with Crippen molar-refractivity contribution in [1.82, 2.24) is 0 Å². The maximum absolute atomic E-state index is 12.9. The van der Waals surface area contributed by atoms with Gasteiger partial charge in [-0.05, 0) is 36.6 Å². The van der Waals surface area contributed by atoms with E-state index in [2.05, 4.69) is 0 Å². The third-order valence-electron chi connectivity index (χ3n) is 3.03. The molecule has 0 aliphatic heterocycles. The fourth-order valence-electron chi connectivity index (χ4n) is 2.00. The van der Waals surface area contributed by atoms with Gasteiger partial charge in [-0.2, -0.15) is 0 Å². The van der Waals surface area contributed by atoms with Crippen molar-refractivity contribution in [3.05, 3.63) is 40.7 Å². The second-order valence-electron chi connectivity index (χ2n) is 4.56. The quantitative estimate of drug-likeness (QED) is 0.680. The third-order valence-corrected chi connectivity index (χ3v) is 6.39. The van der Waals surface area contributed by atoms with Crippen molar-refractivity contribution in [2.45, 2.75) is 11.1 Å². The highest BCUT2D eigenvalue weighted by Crippen LogP contribution is 2.35. The molecule has 0 saturated carbocycles. The van der Waals surface area contributed by atoms with E-state index in [9.17, 15) is 13.2 Å². The van der Waals surface area contributed by atoms with E-state index in [4.69, 9.17) is 21.1 Å². The highest BCUT2D eigenvalue weighted by atomic mass is 35.5. The highest BCUT2D eigenvalue weighted by molar-refractivity contribution is 7.94. The second kappa shape index (κ2) is 7.87. The first-order valence-electron chi connectivity index (χ1n) is 6.95. The molecule has 0 N–H and O–H groups in total. The number of carbonyl (C=O) groups is 1. The molecule has 0 bridgehead atoms. The van der Waals surface area contributed by atoms with E-state index >= 15 is 0 Å². The second-order valence-corrected chi connectivity index (χ2v) is 8.04. The molecule has 0 radical (unpaired) electrons. The van der Waals surface area contributed by atoms with Gasteiger partial charge >= 0.3 is 5.97 Å². The fraction of sp³-hybridized carbons (Fsp3) is 0.267. The Morgan fingerprint density at radius 2 is 2.08 bits per heavy atom. The number of hydrogen-bond acceptors (Lipinski definition) is 6. The van der Waals surface area contributed by atoms with Crippen LogP contribution in [-0.2, 0) is 19.6 Å². The van der Waals surface area contributed by atoms with Crippen LogP contribution in [0.15, 0.2) is 39.9 Å². The van der Waals surface area contributed by atoms with Crippen LogP contribution in [-0.4, -0.2) is 34.6 Å². The molecule has 0 fully saturated rings. The minimum atomic E-state index is -3.96. The number of thiophene rings is 1. The summed E-state index contributed by atoms with van der Waals surface area (Å²) in [6, 6.07) is 7.64. The van der Waals surface area contributed by atoms with E-state index in [1.165, 1.54) is 19.2 Å². The summed E-state index contributed by atoms with van der Waals surface area (Å²) < 4.78 is 37.1. The Bertz CT molecular complexity index is 805. The van der Waals surface area contributed by atoms with E-state index in [1.54, 1.807) is 30.5 Å². The summed E-state index contributed by atoms with van der Waals surface area (Å²) in [7, 11) is -2.55. The number of esters is 1. The van der Waals surface area contributed by atoms with Crippen LogP contribution in [0.1, 0.15) is 6.92 Å². The van der Waals surface area contributed by atoms with Crippen molar-refractivity contribution >= 4 is 44.6 Å². The number of hydrogen-bond donors (Lipinski definition) is 0. The van der Waals surface area contributed by atoms with E-state index in [1.807, 2.05) is 0 Å². The standard InChI is InChI=1S/C15H16ClNO5S2/c1-3-22-14(18)10-17(24(19,20)15-5-4-8-23-15)12-9-11(16)6-7-13(12)21-2/h4-9H,3,10H2,1-2H3. The van der Waals surface area contributed by atoms with Crippen LogP contribution < -0.4 is 9.04 Å². The van der Waals surface area contributed by atoms with Crippen molar-refractivity contribution < 1.29 is 22.7 Å². The summed E-state index contributed by atoms with van der Waals surface area (Å²) >= 11 is 7.06. The van der Waals surface area contributed by atoms with Crippen LogP contribution in [0.3, 0.4) is 0 Å². The number of halogens is 1. The Morgan fingerprint density at radius 3 is 2.67 bits per heavy atom. The molecule has 0 spiro atoms. The number of ether oxygens (including phenoxy) is 2. The molecule has 0 unspecified atom stereocenters. The van der Waals surface area contributed by atoms with Crippen LogP contribution in [0, 0.1) is 0 Å². The van der Waals surface area contributed by atoms with Gasteiger partial charge in [0.25, 0.3) is 10.0 Å². The maximum Gasteiger partial charge on any atom is 0.326 e. The lowest BCUT2D eigenvalue weighted by atomic mass is 10.3. The molecular weight excluding hydrogens is 374 g/mol. The summed E-state index contributed by atoms with van der Waals surface area (Å²) in [4.78, 5) is 11.9. The van der Waals surface area contributed by atoms with Crippen molar-refractivity contribution in [2.24, 2.45) is 0 Å². The van der Waals surface area contributed by atoms with Crippen molar-refractivity contribution in [3.63, 3.8) is 0 Å². The summed E-state index contributed by atoms with van der Waals surface area (Å²) in [5, 5.41) is 1.96. The number of benzene rings is 1. The summed E-state index contributed by atoms with van der Waals surface area (Å²) in [5.74, 6) is -0.386. The minimum absolute atomic E-state index is 0.105. The molecule has 1 heterocycles. The van der Waals surface area contributed by atoms with E-state index < -0.39 is 22.5 Å². The van der Waals surface area contributed by atoms with Gasteiger partial charge in [-0.15, -0.1) is 11.3 Å². The monoisotopic (exact) mass is 389 g/mol. The molecule has 0 aliphatic rings. The molecule has 9 heteroatoms. The molecule has 0 saturated heterocycles. The van der Waals surface area contributed by atoms with E-state index in [0.29, 0.717) is 5.02 Å². The molecule has 1 aromatic heterocycles. The summed E-state index contributed by atoms with van der Waals surface area (Å²) in [5.41, 5.74) is 0.173. The van der Waals surface area contributed by atoms with Gasteiger partial charge in [0.2, 0.25) is 0 Å². The Hall–Kier alpha value is -1.77. The Morgan fingerprint density at radius 1 is 1.33 bits per heavy atom. The summed E-state index contributed by atoms with van der Waals surface area (Å²) in [6.07, 6.45) is 0. The van der Waals surface area contributed by atoms with Crippen LogP contribution in [0.25, 0.3) is 0 Å². The number of nitrogens with zero attached hydrogens (tertiary/aromatic N) is 1. The minimum Gasteiger partial charge on any atom is -0.495 e. The molecular formula is C15H16ClNO5S2. The van der Waals surface area contributed by atoms with Crippen LogP contribution >= 0.6 is 22.9 Å². The van der Waals surface area contributed by atoms with Gasteiger partial charge in [-0.3, -0.25) is 9.10 Å². The van der Waals surface area contributed by atoms with Gasteiger partial charge < -0.3 is 9.47 Å². The first-order chi connectivity index (χ1) is 11.4.